The van der Waals surface area contributed by atoms with Crippen LogP contribution in [0.15, 0.2) is 0 Å². The number of rotatable bonds is 14. The first-order chi connectivity index (χ1) is 17.0. The number of aliphatic carboxylic acids is 3. The van der Waals surface area contributed by atoms with Gasteiger partial charge in [-0.2, -0.15) is 0 Å². The molecule has 0 aromatic carbocycles. The Morgan fingerprint density at radius 3 is 1.47 bits per heavy atom. The fourth-order valence-corrected chi connectivity index (χ4v) is 4.13. The van der Waals surface area contributed by atoms with E-state index in [2.05, 4.69) is 0 Å². The van der Waals surface area contributed by atoms with Crippen molar-refractivity contribution in [3.05, 3.63) is 0 Å². The molecule has 0 aromatic rings. The summed E-state index contributed by atoms with van der Waals surface area (Å²) in [7, 11) is -2.76. The van der Waals surface area contributed by atoms with E-state index in [-0.39, 0.29) is 39.5 Å². The molecule has 1 heterocycles. The monoisotopic (exact) mass is 540 g/mol. The van der Waals surface area contributed by atoms with Gasteiger partial charge in [0.2, 0.25) is 0 Å². The molecule has 0 saturated carbocycles. The largest absolute Gasteiger partial charge is 0.696 e. The lowest BCUT2D eigenvalue weighted by atomic mass is 10.2. The van der Waals surface area contributed by atoms with Crippen LogP contribution in [-0.2, 0) is 23.5 Å². The van der Waals surface area contributed by atoms with Gasteiger partial charge >= 0.3 is 26.2 Å². The number of aliphatic hydroxyl groups is 1. The maximum atomic E-state index is 11.3. The SMILES string of the molecule is CCN(CO[P+](=O)O)CC(O)CN1CCN(CC(=O)O)CCN(CC(=O)O)CCN(CC(=O)O)CC1. The molecule has 16 heteroatoms. The first-order valence-electron chi connectivity index (χ1n) is 11.7. The van der Waals surface area contributed by atoms with E-state index in [0.29, 0.717) is 58.9 Å². The number of hydrogen-bond acceptors (Lipinski definition) is 11. The van der Waals surface area contributed by atoms with Crippen LogP contribution in [0.25, 0.3) is 0 Å². The average molecular weight is 541 g/mol. The van der Waals surface area contributed by atoms with Crippen LogP contribution in [0.2, 0.25) is 0 Å². The Bertz CT molecular complexity index is 686. The number of carboxylic acids is 3. The third kappa shape index (κ3) is 15.3. The molecule has 0 spiro atoms. The Labute approximate surface area is 211 Å². The van der Waals surface area contributed by atoms with Gasteiger partial charge in [0.05, 0.1) is 25.7 Å². The van der Waals surface area contributed by atoms with Crippen LogP contribution in [0.5, 0.6) is 0 Å². The zero-order valence-electron chi connectivity index (χ0n) is 20.6. The maximum absolute atomic E-state index is 11.3. The molecule has 0 amide bonds. The minimum atomic E-state index is -2.76. The first kappa shape index (κ1) is 32.2. The van der Waals surface area contributed by atoms with Crippen LogP contribution < -0.4 is 0 Å². The van der Waals surface area contributed by atoms with E-state index in [1.54, 1.807) is 19.6 Å². The molecule has 1 saturated heterocycles. The quantitative estimate of drug-likeness (QED) is 0.117. The lowest BCUT2D eigenvalue weighted by Crippen LogP contribution is -2.50. The predicted molar refractivity (Wildman–Crippen MR) is 128 cm³/mol. The standard InChI is InChI=1S/C20H38N5O10P/c1-2-21(16-35-36(33)34)11-17(26)12-22-3-5-23(13-18(27)28)7-9-25(15-20(31)32)10-8-24(6-4-22)14-19(29)30/h17,26H,2-16H2,1H3,(H3-,27,28,29,30,31,32,33,34)/p+1. The fraction of sp³-hybridized carbons (Fsp3) is 0.850. The van der Waals surface area contributed by atoms with Crippen LogP contribution in [-0.4, -0.2) is 172 Å². The van der Waals surface area contributed by atoms with Crippen molar-refractivity contribution in [1.82, 2.24) is 24.5 Å². The van der Waals surface area contributed by atoms with Gasteiger partial charge in [-0.1, -0.05) is 6.92 Å². The maximum Gasteiger partial charge on any atom is 0.696 e. The molecule has 1 aliphatic heterocycles. The van der Waals surface area contributed by atoms with E-state index in [9.17, 15) is 39.4 Å². The summed E-state index contributed by atoms with van der Waals surface area (Å²) in [6, 6.07) is 0. The third-order valence-corrected chi connectivity index (χ3v) is 6.08. The zero-order valence-corrected chi connectivity index (χ0v) is 21.5. The number of aliphatic hydroxyl groups excluding tert-OH is 1. The zero-order chi connectivity index (χ0) is 27.1. The number of nitrogens with zero attached hydrogens (tertiary/aromatic N) is 5. The first-order valence-corrected chi connectivity index (χ1v) is 12.9. The molecule has 2 unspecified atom stereocenters. The van der Waals surface area contributed by atoms with Crippen molar-refractivity contribution >= 4 is 26.2 Å². The van der Waals surface area contributed by atoms with Crippen molar-refractivity contribution in [2.24, 2.45) is 0 Å². The molecule has 36 heavy (non-hydrogen) atoms. The Morgan fingerprint density at radius 2 is 1.17 bits per heavy atom. The lowest BCUT2D eigenvalue weighted by Gasteiger charge is -2.34. The van der Waals surface area contributed by atoms with Gasteiger partial charge in [0.1, 0.15) is 0 Å². The highest BCUT2D eigenvalue weighted by molar-refractivity contribution is 7.32. The number of β-amino-alcohol motifs (C(OH)–C–C–N with tert-alkyl or cyclic N) is 1. The molecule has 5 N–H and O–H groups in total. The molecule has 1 fully saturated rings. The van der Waals surface area contributed by atoms with Gasteiger partial charge in [-0.15, -0.1) is 9.42 Å². The van der Waals surface area contributed by atoms with Crippen molar-refractivity contribution in [3.63, 3.8) is 0 Å². The van der Waals surface area contributed by atoms with Gasteiger partial charge in [0.15, 0.2) is 6.73 Å². The molecule has 1 aliphatic rings. The second-order valence-electron chi connectivity index (χ2n) is 8.63. The Morgan fingerprint density at radius 1 is 0.806 bits per heavy atom. The summed E-state index contributed by atoms with van der Waals surface area (Å²) >= 11 is 0. The van der Waals surface area contributed by atoms with E-state index in [0.717, 1.165) is 0 Å². The normalized spacial score (nSPS) is 19.4. The molecule has 1 rings (SSSR count). The lowest BCUT2D eigenvalue weighted by molar-refractivity contribution is -0.140. The molecular weight excluding hydrogens is 501 g/mol. The van der Waals surface area contributed by atoms with Gasteiger partial charge in [-0.3, -0.25) is 38.9 Å². The number of hydrogen-bond donors (Lipinski definition) is 5. The summed E-state index contributed by atoms with van der Waals surface area (Å²) in [6.45, 7) is 4.64. The Hall–Kier alpha value is -1.81. The average Bonchev–Trinajstić information content (AvgIpc) is 2.77. The summed E-state index contributed by atoms with van der Waals surface area (Å²) in [4.78, 5) is 51.5. The van der Waals surface area contributed by atoms with Crippen molar-refractivity contribution < 1.29 is 48.8 Å². The molecule has 0 bridgehead atoms. The minimum Gasteiger partial charge on any atom is -0.480 e. The second kappa shape index (κ2) is 17.6. The molecule has 0 radical (unpaired) electrons. The minimum absolute atomic E-state index is 0.120. The highest BCUT2D eigenvalue weighted by atomic mass is 31.1. The van der Waals surface area contributed by atoms with Crippen molar-refractivity contribution in [3.8, 4) is 0 Å². The highest BCUT2D eigenvalue weighted by Gasteiger charge is 2.23. The smallest absolute Gasteiger partial charge is 0.480 e. The number of likely N-dealkylation sites (N-methyl/N-ethyl adjacent to an activating group) is 1. The predicted octanol–water partition coefficient (Wildman–Crippen LogP) is -2.23. The molecule has 208 valence electrons. The fourth-order valence-electron chi connectivity index (χ4n) is 3.87. The summed E-state index contributed by atoms with van der Waals surface area (Å²) in [5.41, 5.74) is 0. The molecule has 0 aliphatic carbocycles. The number of carbonyl (C=O) groups is 3. The van der Waals surface area contributed by atoms with Gasteiger partial charge in [0.25, 0.3) is 0 Å². The van der Waals surface area contributed by atoms with E-state index in [4.69, 9.17) is 9.42 Å². The van der Waals surface area contributed by atoms with Gasteiger partial charge < -0.3 is 20.4 Å². The van der Waals surface area contributed by atoms with Gasteiger partial charge in [-0.05, 0) is 6.54 Å². The third-order valence-electron chi connectivity index (χ3n) is 5.74. The van der Waals surface area contributed by atoms with Crippen LogP contribution >= 0.6 is 8.25 Å². The summed E-state index contributed by atoms with van der Waals surface area (Å²) in [6.07, 6.45) is -0.843. The van der Waals surface area contributed by atoms with E-state index >= 15 is 0 Å². The molecule has 15 nitrogen and oxygen atoms in total. The van der Waals surface area contributed by atoms with E-state index in [1.807, 2.05) is 11.8 Å². The van der Waals surface area contributed by atoms with E-state index < -0.39 is 32.3 Å². The second-order valence-corrected chi connectivity index (χ2v) is 9.36. The summed E-state index contributed by atoms with van der Waals surface area (Å²) in [5.74, 6) is -3.03. The topological polar surface area (TPSA) is 195 Å². The summed E-state index contributed by atoms with van der Waals surface area (Å²) < 4.78 is 15.5. The van der Waals surface area contributed by atoms with Crippen molar-refractivity contribution in [1.29, 1.82) is 0 Å². The van der Waals surface area contributed by atoms with Crippen LogP contribution in [0.3, 0.4) is 0 Å². The Balaban J connectivity index is 2.92. The summed E-state index contributed by atoms with van der Waals surface area (Å²) in [5, 5.41) is 38.4. The Kier molecular flexibility index (Phi) is 15.8. The van der Waals surface area contributed by atoms with Crippen molar-refractivity contribution in [2.75, 3.05) is 98.4 Å². The van der Waals surface area contributed by atoms with Gasteiger partial charge in [-0.25, -0.2) is 0 Å². The van der Waals surface area contributed by atoms with Gasteiger partial charge in [0, 0.05) is 70.0 Å². The molecule has 2 atom stereocenters. The van der Waals surface area contributed by atoms with Crippen LogP contribution in [0.4, 0.5) is 0 Å². The molecule has 0 aromatic heterocycles. The highest BCUT2D eigenvalue weighted by Crippen LogP contribution is 2.14. The number of carboxylic acid groups (broad SMARTS) is 3. The van der Waals surface area contributed by atoms with Crippen LogP contribution in [0, 0.1) is 0 Å². The van der Waals surface area contributed by atoms with Crippen molar-refractivity contribution in [2.45, 2.75) is 13.0 Å². The van der Waals surface area contributed by atoms with Crippen LogP contribution in [0.1, 0.15) is 6.92 Å². The molecular formula is C20H39N5O10P+. The van der Waals surface area contributed by atoms with E-state index in [1.165, 1.54) is 0 Å².